The molecule has 0 aromatic carbocycles. The van der Waals surface area contributed by atoms with Crippen LogP contribution in [0.3, 0.4) is 0 Å². The summed E-state index contributed by atoms with van der Waals surface area (Å²) in [4.78, 5) is 19.1. The number of aromatic nitrogens is 4. The van der Waals surface area contributed by atoms with Crippen molar-refractivity contribution in [3.05, 3.63) is 41.7 Å². The third kappa shape index (κ3) is 2.91. The van der Waals surface area contributed by atoms with Crippen molar-refractivity contribution in [2.24, 2.45) is 5.92 Å². The lowest BCUT2D eigenvalue weighted by atomic mass is 10.1. The fourth-order valence-corrected chi connectivity index (χ4v) is 3.15. The van der Waals surface area contributed by atoms with Gasteiger partial charge in [0.1, 0.15) is 5.82 Å². The van der Waals surface area contributed by atoms with Crippen LogP contribution < -0.4 is 0 Å². The molecule has 0 radical (unpaired) electrons. The summed E-state index contributed by atoms with van der Waals surface area (Å²) in [6.07, 6.45) is 7.51. The first-order chi connectivity index (χ1) is 11.7. The van der Waals surface area contributed by atoms with Crippen molar-refractivity contribution in [1.82, 2.24) is 24.6 Å². The molecule has 0 bridgehead atoms. The fourth-order valence-electron chi connectivity index (χ4n) is 3.15. The van der Waals surface area contributed by atoms with Crippen molar-refractivity contribution >= 4 is 5.91 Å². The van der Waals surface area contributed by atoms with E-state index in [-0.39, 0.29) is 11.9 Å². The average molecular weight is 327 g/mol. The van der Waals surface area contributed by atoms with Gasteiger partial charge in [0.15, 0.2) is 0 Å². The Morgan fingerprint density at radius 1 is 1.29 bits per heavy atom. The molecule has 1 aliphatic heterocycles. The highest BCUT2D eigenvalue weighted by Crippen LogP contribution is 2.30. The summed E-state index contributed by atoms with van der Waals surface area (Å²) in [6.45, 7) is 4.85. The molecule has 0 unspecified atom stereocenters. The Morgan fingerprint density at radius 2 is 2.17 bits per heavy atom. The van der Waals surface area contributed by atoms with Crippen LogP contribution in [0.25, 0.3) is 0 Å². The van der Waals surface area contributed by atoms with Crippen molar-refractivity contribution in [3.8, 4) is 0 Å². The van der Waals surface area contributed by atoms with Crippen LogP contribution in [0.4, 0.5) is 0 Å². The molecule has 1 amide bonds. The maximum absolute atomic E-state index is 12.7. The molecule has 1 atom stereocenters. The van der Waals surface area contributed by atoms with Gasteiger partial charge in [-0.15, -0.1) is 0 Å². The first-order valence-corrected chi connectivity index (χ1v) is 8.43. The number of amides is 1. The Kier molecular flexibility index (Phi) is 4.02. The van der Waals surface area contributed by atoms with E-state index in [1.54, 1.807) is 6.07 Å². The molecule has 1 saturated carbocycles. The van der Waals surface area contributed by atoms with E-state index in [0.717, 1.165) is 30.6 Å². The van der Waals surface area contributed by atoms with Crippen molar-refractivity contribution in [2.45, 2.75) is 39.0 Å². The maximum Gasteiger partial charge on any atom is 0.256 e. The summed E-state index contributed by atoms with van der Waals surface area (Å²) < 4.78 is 7.98. The smallest absolute Gasteiger partial charge is 0.256 e. The molecule has 7 nitrogen and oxygen atoms in total. The van der Waals surface area contributed by atoms with Crippen LogP contribution in [0.15, 0.2) is 24.7 Å². The van der Waals surface area contributed by atoms with Gasteiger partial charge in [0, 0.05) is 19.7 Å². The van der Waals surface area contributed by atoms with Crippen LogP contribution in [0, 0.1) is 5.92 Å². The Balaban J connectivity index is 1.47. The molecule has 2 aromatic heterocycles. The number of hydrogen-bond donors (Lipinski definition) is 0. The Hall–Kier alpha value is -2.28. The van der Waals surface area contributed by atoms with Crippen LogP contribution in [-0.4, -0.2) is 43.7 Å². The second-order valence-corrected chi connectivity index (χ2v) is 6.52. The predicted molar refractivity (Wildman–Crippen MR) is 86.1 cm³/mol. The monoisotopic (exact) mass is 327 g/mol. The second-order valence-electron chi connectivity index (χ2n) is 6.52. The SMILES string of the molecule is C[C@@H]1c2ncc(COCC3CC3)n2CCN1C(=O)c1ccnnc1. The number of ether oxygens (including phenoxy) is 1. The van der Waals surface area contributed by atoms with Crippen LogP contribution in [0.2, 0.25) is 0 Å². The van der Waals surface area contributed by atoms with Gasteiger partial charge < -0.3 is 14.2 Å². The molecule has 7 heteroatoms. The van der Waals surface area contributed by atoms with Gasteiger partial charge in [0.2, 0.25) is 0 Å². The van der Waals surface area contributed by atoms with Crippen LogP contribution >= 0.6 is 0 Å². The molecule has 1 aliphatic carbocycles. The summed E-state index contributed by atoms with van der Waals surface area (Å²) in [5.74, 6) is 1.65. The van der Waals surface area contributed by atoms with E-state index in [1.807, 2.05) is 18.0 Å². The third-order valence-corrected chi connectivity index (χ3v) is 4.77. The fraction of sp³-hybridized carbons (Fsp3) is 0.529. The van der Waals surface area contributed by atoms with Gasteiger partial charge in [0.05, 0.1) is 42.5 Å². The van der Waals surface area contributed by atoms with Gasteiger partial charge in [-0.25, -0.2) is 4.98 Å². The van der Waals surface area contributed by atoms with E-state index in [4.69, 9.17) is 4.74 Å². The molecule has 1 fully saturated rings. The molecule has 0 saturated heterocycles. The first kappa shape index (κ1) is 15.3. The minimum Gasteiger partial charge on any atom is -0.375 e. The highest BCUT2D eigenvalue weighted by atomic mass is 16.5. The average Bonchev–Trinajstić information content (AvgIpc) is 3.34. The van der Waals surface area contributed by atoms with E-state index >= 15 is 0 Å². The van der Waals surface area contributed by atoms with E-state index in [9.17, 15) is 4.79 Å². The first-order valence-electron chi connectivity index (χ1n) is 8.43. The number of imidazole rings is 1. The zero-order valence-corrected chi connectivity index (χ0v) is 13.8. The third-order valence-electron chi connectivity index (χ3n) is 4.77. The molecule has 126 valence electrons. The summed E-state index contributed by atoms with van der Waals surface area (Å²) >= 11 is 0. The van der Waals surface area contributed by atoms with Crippen LogP contribution in [-0.2, 0) is 17.9 Å². The number of hydrogen-bond acceptors (Lipinski definition) is 5. The van der Waals surface area contributed by atoms with Crippen molar-refractivity contribution < 1.29 is 9.53 Å². The van der Waals surface area contributed by atoms with Gasteiger partial charge in [-0.3, -0.25) is 4.79 Å². The molecular weight excluding hydrogens is 306 g/mol. The van der Waals surface area contributed by atoms with E-state index in [2.05, 4.69) is 19.7 Å². The van der Waals surface area contributed by atoms with Gasteiger partial charge in [-0.05, 0) is 31.7 Å². The summed E-state index contributed by atoms with van der Waals surface area (Å²) in [7, 11) is 0. The summed E-state index contributed by atoms with van der Waals surface area (Å²) in [6, 6.07) is 1.62. The van der Waals surface area contributed by atoms with E-state index < -0.39 is 0 Å². The number of carbonyl (C=O) groups is 1. The standard InChI is InChI=1S/C17H21N5O2/c1-12-16-18-9-15(11-24-10-13-2-3-13)22(16)7-6-21(12)17(23)14-4-5-19-20-8-14/h4-5,8-9,12-13H,2-3,6-7,10-11H2,1H3/t12-/m1/s1. The molecule has 2 aliphatic rings. The topological polar surface area (TPSA) is 73.1 Å². The highest BCUT2D eigenvalue weighted by molar-refractivity contribution is 5.94. The highest BCUT2D eigenvalue weighted by Gasteiger charge is 2.31. The number of rotatable bonds is 5. The molecular formula is C17H21N5O2. The number of nitrogens with zero attached hydrogens (tertiary/aromatic N) is 5. The Labute approximate surface area is 140 Å². The minimum absolute atomic E-state index is 0.0295. The molecule has 0 N–H and O–H groups in total. The molecule has 3 heterocycles. The van der Waals surface area contributed by atoms with E-state index in [0.29, 0.717) is 18.7 Å². The van der Waals surface area contributed by atoms with Gasteiger partial charge in [-0.1, -0.05) is 0 Å². The predicted octanol–water partition coefficient (Wildman–Crippen LogP) is 1.82. The van der Waals surface area contributed by atoms with Gasteiger partial charge >= 0.3 is 0 Å². The zero-order chi connectivity index (χ0) is 16.5. The quantitative estimate of drug-likeness (QED) is 0.837. The zero-order valence-electron chi connectivity index (χ0n) is 13.8. The summed E-state index contributed by atoms with van der Waals surface area (Å²) in [5, 5.41) is 7.52. The minimum atomic E-state index is -0.0726. The number of fused-ring (bicyclic) bond motifs is 1. The normalized spacial score (nSPS) is 20.0. The molecule has 4 rings (SSSR count). The van der Waals surface area contributed by atoms with E-state index in [1.165, 1.54) is 25.2 Å². The second kappa shape index (κ2) is 6.32. The van der Waals surface area contributed by atoms with Crippen molar-refractivity contribution in [3.63, 3.8) is 0 Å². The molecule has 2 aromatic rings. The van der Waals surface area contributed by atoms with Crippen molar-refractivity contribution in [2.75, 3.05) is 13.2 Å². The molecule has 24 heavy (non-hydrogen) atoms. The lowest BCUT2D eigenvalue weighted by Crippen LogP contribution is -2.41. The van der Waals surface area contributed by atoms with Gasteiger partial charge in [-0.2, -0.15) is 10.2 Å². The lowest BCUT2D eigenvalue weighted by Gasteiger charge is -2.34. The lowest BCUT2D eigenvalue weighted by molar-refractivity contribution is 0.0626. The van der Waals surface area contributed by atoms with Crippen LogP contribution in [0.1, 0.15) is 47.7 Å². The summed E-state index contributed by atoms with van der Waals surface area (Å²) in [5.41, 5.74) is 1.65. The van der Waals surface area contributed by atoms with Gasteiger partial charge in [0.25, 0.3) is 5.91 Å². The number of carbonyl (C=O) groups excluding carboxylic acids is 1. The molecule has 0 spiro atoms. The Bertz CT molecular complexity index is 726. The van der Waals surface area contributed by atoms with Crippen LogP contribution in [0.5, 0.6) is 0 Å². The van der Waals surface area contributed by atoms with Crippen molar-refractivity contribution in [1.29, 1.82) is 0 Å². The maximum atomic E-state index is 12.7. The Morgan fingerprint density at radius 3 is 2.92 bits per heavy atom. The largest absolute Gasteiger partial charge is 0.375 e.